The van der Waals surface area contributed by atoms with Gasteiger partial charge in [-0.3, -0.25) is 0 Å². The molecule has 34 heavy (non-hydrogen) atoms. The molecule has 6 rings (SSSR count). The Bertz CT molecular complexity index is 1390. The van der Waals surface area contributed by atoms with Gasteiger partial charge in [-0.1, -0.05) is 35.9 Å². The second-order valence-corrected chi connectivity index (χ2v) is 10.3. The van der Waals surface area contributed by atoms with Gasteiger partial charge in [-0.2, -0.15) is 0 Å². The number of amides is 2. The first-order valence-corrected chi connectivity index (χ1v) is 12.7. The van der Waals surface area contributed by atoms with Crippen LogP contribution in [0.15, 0.2) is 66.9 Å². The normalized spacial score (nSPS) is 16.9. The van der Waals surface area contributed by atoms with Crippen LogP contribution < -0.4 is 5.32 Å². The summed E-state index contributed by atoms with van der Waals surface area (Å²) in [5, 5.41) is 4.65. The Morgan fingerprint density at radius 1 is 1.03 bits per heavy atom. The second kappa shape index (κ2) is 8.60. The molecule has 1 aliphatic heterocycles. The first-order chi connectivity index (χ1) is 16.6. The van der Waals surface area contributed by atoms with Crippen molar-refractivity contribution in [3.05, 3.63) is 105 Å². The summed E-state index contributed by atoms with van der Waals surface area (Å²) < 4.78 is 16.5. The lowest BCUT2D eigenvalue weighted by molar-refractivity contribution is 0.194. The molecule has 3 heterocycles. The fourth-order valence-corrected chi connectivity index (χ4v) is 6.75. The zero-order valence-corrected chi connectivity index (χ0v) is 20.0. The third-order valence-corrected chi connectivity index (χ3v) is 8.38. The summed E-state index contributed by atoms with van der Waals surface area (Å²) >= 11 is 8.18. The molecular formula is C27H23ClFN3OS. The average molecular weight is 492 g/mol. The van der Waals surface area contributed by atoms with Gasteiger partial charge in [-0.15, -0.1) is 11.3 Å². The number of hydrogen-bond donors (Lipinski definition) is 1. The molecule has 0 unspecified atom stereocenters. The number of anilines is 1. The van der Waals surface area contributed by atoms with Crippen LogP contribution in [-0.2, 0) is 19.4 Å². The van der Waals surface area contributed by atoms with E-state index in [0.717, 1.165) is 30.5 Å². The van der Waals surface area contributed by atoms with E-state index in [9.17, 15) is 9.18 Å². The van der Waals surface area contributed by atoms with Crippen molar-refractivity contribution >= 4 is 34.7 Å². The smallest absolute Gasteiger partial charge is 0.310 e. The molecule has 1 aliphatic carbocycles. The third-order valence-electron chi connectivity index (χ3n) is 6.72. The largest absolute Gasteiger partial charge is 0.323 e. The summed E-state index contributed by atoms with van der Waals surface area (Å²) in [5.74, 6) is -0.321. The number of aromatic nitrogens is 1. The highest BCUT2D eigenvalue weighted by molar-refractivity contribution is 7.15. The fraction of sp³-hybridized carbons (Fsp3) is 0.222. The van der Waals surface area contributed by atoms with Crippen LogP contribution in [0.2, 0.25) is 5.02 Å². The SMILES string of the molecule is O=C(Nc1ccccc1Cl)N1Cc2c(sc3c2CCCC3)-n2cccc2[C@H]1c1cccc(F)c1. The van der Waals surface area contributed by atoms with Crippen molar-refractivity contribution in [1.29, 1.82) is 0 Å². The molecule has 2 aromatic carbocycles. The minimum atomic E-state index is -0.452. The van der Waals surface area contributed by atoms with Gasteiger partial charge in [0.05, 0.1) is 29.0 Å². The molecule has 0 saturated heterocycles. The predicted molar refractivity (Wildman–Crippen MR) is 135 cm³/mol. The Kier molecular flexibility index (Phi) is 5.42. The Labute approximate surface area is 206 Å². The molecular weight excluding hydrogens is 469 g/mol. The minimum Gasteiger partial charge on any atom is -0.310 e. The van der Waals surface area contributed by atoms with Crippen LogP contribution in [-0.4, -0.2) is 15.5 Å². The second-order valence-electron chi connectivity index (χ2n) is 8.79. The maximum absolute atomic E-state index is 14.3. The number of nitrogens with zero attached hydrogens (tertiary/aromatic N) is 2. The van der Waals surface area contributed by atoms with Crippen molar-refractivity contribution in [2.45, 2.75) is 38.3 Å². The van der Waals surface area contributed by atoms with Crippen molar-refractivity contribution in [1.82, 2.24) is 9.47 Å². The summed E-state index contributed by atoms with van der Waals surface area (Å²) in [6.45, 7) is 0.445. The Morgan fingerprint density at radius 2 is 1.88 bits per heavy atom. The number of aryl methyl sites for hydroxylation is 1. The lowest BCUT2D eigenvalue weighted by Gasteiger charge is -2.31. The first-order valence-electron chi connectivity index (χ1n) is 11.5. The lowest BCUT2D eigenvalue weighted by atomic mass is 9.95. The van der Waals surface area contributed by atoms with Crippen LogP contribution in [0, 0.1) is 5.82 Å². The van der Waals surface area contributed by atoms with E-state index in [-0.39, 0.29) is 11.8 Å². The zero-order valence-electron chi connectivity index (χ0n) is 18.4. The lowest BCUT2D eigenvalue weighted by Crippen LogP contribution is -2.38. The van der Waals surface area contributed by atoms with E-state index in [0.29, 0.717) is 17.3 Å². The highest BCUT2D eigenvalue weighted by atomic mass is 35.5. The standard InChI is InChI=1S/C27H23ClFN3OS/c28-21-10-2-3-11-22(21)30-27(33)32-16-20-19-9-1-4-13-24(19)34-26(20)31-14-6-12-23(31)25(32)17-7-5-8-18(29)15-17/h2-3,5-8,10-12,14-15,25H,1,4,9,13,16H2,(H,30,33)/t25-/m1/s1. The molecule has 0 bridgehead atoms. The summed E-state index contributed by atoms with van der Waals surface area (Å²) in [4.78, 5) is 17.1. The number of rotatable bonds is 2. The molecule has 2 amide bonds. The van der Waals surface area contributed by atoms with E-state index in [1.54, 1.807) is 18.2 Å². The average Bonchev–Trinajstić information content (AvgIpc) is 3.42. The molecule has 4 nitrogen and oxygen atoms in total. The molecule has 0 fully saturated rings. The Hall–Kier alpha value is -3.09. The van der Waals surface area contributed by atoms with E-state index in [2.05, 4.69) is 16.1 Å². The van der Waals surface area contributed by atoms with Gasteiger partial charge in [0.25, 0.3) is 0 Å². The quantitative estimate of drug-likeness (QED) is 0.313. The summed E-state index contributed by atoms with van der Waals surface area (Å²) in [5.41, 5.74) is 4.81. The summed E-state index contributed by atoms with van der Waals surface area (Å²) in [6, 6.07) is 17.1. The molecule has 1 N–H and O–H groups in total. The van der Waals surface area contributed by atoms with Gasteiger partial charge in [0, 0.05) is 16.6 Å². The van der Waals surface area contributed by atoms with Gasteiger partial charge in [0.15, 0.2) is 0 Å². The molecule has 1 atom stereocenters. The minimum absolute atomic E-state index is 0.265. The number of thiophene rings is 1. The number of halogens is 2. The molecule has 0 saturated carbocycles. The van der Waals surface area contributed by atoms with Gasteiger partial charge in [0.2, 0.25) is 0 Å². The van der Waals surface area contributed by atoms with Crippen LogP contribution >= 0.6 is 22.9 Å². The number of nitrogens with one attached hydrogen (secondary N) is 1. The van der Waals surface area contributed by atoms with E-state index in [1.165, 1.54) is 39.6 Å². The van der Waals surface area contributed by atoms with Crippen molar-refractivity contribution < 1.29 is 9.18 Å². The van der Waals surface area contributed by atoms with E-state index in [1.807, 2.05) is 46.6 Å². The van der Waals surface area contributed by atoms with E-state index >= 15 is 0 Å². The first kappa shape index (κ1) is 21.4. The topological polar surface area (TPSA) is 37.3 Å². The Morgan fingerprint density at radius 3 is 2.74 bits per heavy atom. The van der Waals surface area contributed by atoms with Gasteiger partial charge in [-0.05, 0) is 73.2 Å². The molecule has 2 aromatic heterocycles. The van der Waals surface area contributed by atoms with Gasteiger partial charge < -0.3 is 14.8 Å². The molecule has 7 heteroatoms. The molecule has 0 radical (unpaired) electrons. The van der Waals surface area contributed by atoms with Gasteiger partial charge in [0.1, 0.15) is 10.8 Å². The van der Waals surface area contributed by atoms with Crippen molar-refractivity contribution in [3.63, 3.8) is 0 Å². The van der Waals surface area contributed by atoms with Crippen LogP contribution in [0.5, 0.6) is 0 Å². The fourth-order valence-electron chi connectivity index (χ4n) is 5.16. The highest BCUT2D eigenvalue weighted by Crippen LogP contribution is 2.44. The molecule has 0 spiro atoms. The number of carbonyl (C=O) groups excluding carboxylic acids is 1. The van der Waals surface area contributed by atoms with Crippen LogP contribution in [0.1, 0.15) is 46.1 Å². The van der Waals surface area contributed by atoms with E-state index in [4.69, 9.17) is 11.6 Å². The number of fused-ring (bicyclic) bond motifs is 5. The number of carbonyl (C=O) groups is 1. The molecule has 2 aliphatic rings. The zero-order chi connectivity index (χ0) is 23.2. The number of benzene rings is 2. The van der Waals surface area contributed by atoms with E-state index < -0.39 is 6.04 Å². The maximum Gasteiger partial charge on any atom is 0.323 e. The maximum atomic E-state index is 14.3. The summed E-state index contributed by atoms with van der Waals surface area (Å²) in [6.07, 6.45) is 6.53. The number of urea groups is 1. The predicted octanol–water partition coefficient (Wildman–Crippen LogP) is 7.35. The third kappa shape index (κ3) is 3.62. The molecule has 172 valence electrons. The Balaban J connectivity index is 1.51. The molecule has 4 aromatic rings. The monoisotopic (exact) mass is 491 g/mol. The van der Waals surface area contributed by atoms with Crippen molar-refractivity contribution in [2.24, 2.45) is 0 Å². The van der Waals surface area contributed by atoms with Crippen LogP contribution in [0.4, 0.5) is 14.9 Å². The number of para-hydroxylation sites is 1. The van der Waals surface area contributed by atoms with Crippen LogP contribution in [0.3, 0.4) is 0 Å². The van der Waals surface area contributed by atoms with Crippen molar-refractivity contribution in [2.75, 3.05) is 5.32 Å². The van der Waals surface area contributed by atoms with Crippen LogP contribution in [0.25, 0.3) is 5.00 Å². The highest BCUT2D eigenvalue weighted by Gasteiger charge is 2.36. The van der Waals surface area contributed by atoms with Crippen molar-refractivity contribution in [3.8, 4) is 5.00 Å². The number of hydrogen-bond acceptors (Lipinski definition) is 2. The van der Waals surface area contributed by atoms with Gasteiger partial charge in [-0.25, -0.2) is 9.18 Å². The van der Waals surface area contributed by atoms with Gasteiger partial charge >= 0.3 is 6.03 Å². The summed E-state index contributed by atoms with van der Waals surface area (Å²) in [7, 11) is 0.